The molecule has 1 aliphatic rings. The fourth-order valence-corrected chi connectivity index (χ4v) is 3.60. The Kier molecular flexibility index (Phi) is 4.30. The van der Waals surface area contributed by atoms with Crippen LogP contribution in [-0.2, 0) is 4.79 Å². The van der Waals surface area contributed by atoms with Crippen LogP contribution in [0.25, 0.3) is 16.8 Å². The number of thioether (sulfide) groups is 1. The molecule has 0 bridgehead atoms. The van der Waals surface area contributed by atoms with Gasteiger partial charge in [0, 0.05) is 5.02 Å². The Morgan fingerprint density at radius 1 is 0.960 bits per heavy atom. The molecule has 1 aliphatic heterocycles. The molecule has 0 aliphatic carbocycles. The van der Waals surface area contributed by atoms with E-state index in [0.29, 0.717) is 15.1 Å². The van der Waals surface area contributed by atoms with Crippen molar-refractivity contribution in [3.63, 3.8) is 0 Å². The third kappa shape index (κ3) is 3.45. The van der Waals surface area contributed by atoms with Crippen molar-refractivity contribution in [3.8, 4) is 0 Å². The van der Waals surface area contributed by atoms with E-state index < -0.39 is 0 Å². The van der Waals surface area contributed by atoms with Gasteiger partial charge in [-0.1, -0.05) is 60.1 Å². The topological polar surface area (TPSA) is 41.5 Å². The van der Waals surface area contributed by atoms with Crippen molar-refractivity contribution in [2.75, 3.05) is 0 Å². The second kappa shape index (κ2) is 6.75. The van der Waals surface area contributed by atoms with Crippen LogP contribution in [0.5, 0.6) is 0 Å². The molecular formula is C20H13ClN2OS. The zero-order chi connectivity index (χ0) is 17.2. The number of aliphatic imine (C=N–C) groups is 1. The number of carbonyl (C=O) groups is 1. The van der Waals surface area contributed by atoms with Crippen LogP contribution < -0.4 is 5.32 Å². The second-order valence-electron chi connectivity index (χ2n) is 5.53. The minimum Gasteiger partial charge on any atom is -0.300 e. The van der Waals surface area contributed by atoms with Gasteiger partial charge in [0.25, 0.3) is 5.91 Å². The SMILES string of the molecule is O=C1NC(=Nc2ccc3ccccc3c2)S/C1=C\c1ccccc1Cl. The van der Waals surface area contributed by atoms with E-state index in [9.17, 15) is 4.79 Å². The molecule has 25 heavy (non-hydrogen) atoms. The maximum Gasteiger partial charge on any atom is 0.264 e. The summed E-state index contributed by atoms with van der Waals surface area (Å²) in [6.45, 7) is 0. The van der Waals surface area contributed by atoms with Gasteiger partial charge in [-0.2, -0.15) is 0 Å². The molecule has 0 radical (unpaired) electrons. The number of nitrogens with one attached hydrogen (secondary N) is 1. The molecule has 4 rings (SSSR count). The molecule has 122 valence electrons. The fraction of sp³-hybridized carbons (Fsp3) is 0. The molecule has 1 fully saturated rings. The zero-order valence-corrected chi connectivity index (χ0v) is 14.6. The first-order chi connectivity index (χ1) is 12.2. The second-order valence-corrected chi connectivity index (χ2v) is 6.97. The summed E-state index contributed by atoms with van der Waals surface area (Å²) < 4.78 is 0. The van der Waals surface area contributed by atoms with Crippen molar-refractivity contribution in [2.24, 2.45) is 4.99 Å². The Morgan fingerprint density at radius 3 is 2.56 bits per heavy atom. The Hall–Kier alpha value is -2.56. The number of hydrogen-bond donors (Lipinski definition) is 1. The van der Waals surface area contributed by atoms with E-state index in [0.717, 1.165) is 22.0 Å². The molecule has 1 saturated heterocycles. The third-order valence-corrected chi connectivity index (χ3v) is 5.06. The lowest BCUT2D eigenvalue weighted by atomic mass is 10.1. The smallest absolute Gasteiger partial charge is 0.264 e. The molecule has 0 unspecified atom stereocenters. The van der Waals surface area contributed by atoms with Gasteiger partial charge in [-0.05, 0) is 52.4 Å². The largest absolute Gasteiger partial charge is 0.300 e. The van der Waals surface area contributed by atoms with Crippen LogP contribution in [0.2, 0.25) is 5.02 Å². The van der Waals surface area contributed by atoms with E-state index in [1.807, 2.05) is 54.6 Å². The van der Waals surface area contributed by atoms with Gasteiger partial charge in [-0.25, -0.2) is 4.99 Å². The number of halogens is 1. The molecule has 1 N–H and O–H groups in total. The summed E-state index contributed by atoms with van der Waals surface area (Å²) in [6.07, 6.45) is 1.78. The quantitative estimate of drug-likeness (QED) is 0.620. The van der Waals surface area contributed by atoms with Crippen LogP contribution in [0.15, 0.2) is 76.6 Å². The number of benzene rings is 3. The summed E-state index contributed by atoms with van der Waals surface area (Å²) in [5.74, 6) is -0.163. The van der Waals surface area contributed by atoms with Crippen LogP contribution >= 0.6 is 23.4 Å². The van der Waals surface area contributed by atoms with Crippen LogP contribution in [0.1, 0.15) is 5.56 Å². The van der Waals surface area contributed by atoms with Crippen molar-refractivity contribution in [1.82, 2.24) is 5.32 Å². The first-order valence-electron chi connectivity index (χ1n) is 7.72. The van der Waals surface area contributed by atoms with Gasteiger partial charge in [0.1, 0.15) is 0 Å². The number of carbonyl (C=O) groups excluding carboxylic acids is 1. The van der Waals surface area contributed by atoms with Crippen molar-refractivity contribution in [3.05, 3.63) is 82.2 Å². The first-order valence-corrected chi connectivity index (χ1v) is 8.91. The normalized spacial score (nSPS) is 17.4. The van der Waals surface area contributed by atoms with Gasteiger partial charge < -0.3 is 5.32 Å². The van der Waals surface area contributed by atoms with E-state index in [2.05, 4.69) is 16.4 Å². The molecule has 1 amide bonds. The summed E-state index contributed by atoms with van der Waals surface area (Å²) in [7, 11) is 0. The maximum absolute atomic E-state index is 12.2. The van der Waals surface area contributed by atoms with E-state index in [4.69, 9.17) is 11.6 Å². The van der Waals surface area contributed by atoms with Crippen LogP contribution in [0.3, 0.4) is 0 Å². The maximum atomic E-state index is 12.2. The Labute approximate surface area is 154 Å². The minimum atomic E-state index is -0.163. The molecular weight excluding hydrogens is 352 g/mol. The first kappa shape index (κ1) is 15.9. The molecule has 0 aromatic heterocycles. The molecule has 0 saturated carbocycles. The summed E-state index contributed by atoms with van der Waals surface area (Å²) in [6, 6.07) is 21.5. The Balaban J connectivity index is 1.62. The number of rotatable bonds is 2. The number of fused-ring (bicyclic) bond motifs is 1. The Morgan fingerprint density at radius 2 is 1.72 bits per heavy atom. The predicted octanol–water partition coefficient (Wildman–Crippen LogP) is 5.38. The number of amides is 1. The summed E-state index contributed by atoms with van der Waals surface area (Å²) in [4.78, 5) is 17.3. The van der Waals surface area contributed by atoms with Gasteiger partial charge in [-0.3, -0.25) is 4.79 Å². The van der Waals surface area contributed by atoms with E-state index in [1.54, 1.807) is 12.1 Å². The Bertz CT molecular complexity index is 1040. The molecule has 3 nitrogen and oxygen atoms in total. The number of nitrogens with zero attached hydrogens (tertiary/aromatic N) is 1. The van der Waals surface area contributed by atoms with Gasteiger partial charge in [-0.15, -0.1) is 0 Å². The molecule has 0 atom stereocenters. The standard InChI is InChI=1S/C20H13ClN2OS/c21-17-8-4-3-7-15(17)12-18-19(24)23-20(25-18)22-16-10-9-13-5-1-2-6-14(13)11-16/h1-12H,(H,22,23,24)/b18-12-. The summed E-state index contributed by atoms with van der Waals surface area (Å²) in [5, 5.41) is 6.26. The molecule has 5 heteroatoms. The molecule has 3 aromatic carbocycles. The highest BCUT2D eigenvalue weighted by molar-refractivity contribution is 8.18. The van der Waals surface area contributed by atoms with Crippen LogP contribution in [-0.4, -0.2) is 11.1 Å². The molecule has 0 spiro atoms. The highest BCUT2D eigenvalue weighted by atomic mass is 35.5. The highest BCUT2D eigenvalue weighted by Crippen LogP contribution is 2.30. The van der Waals surface area contributed by atoms with E-state index >= 15 is 0 Å². The van der Waals surface area contributed by atoms with Crippen LogP contribution in [0, 0.1) is 0 Å². The van der Waals surface area contributed by atoms with Gasteiger partial charge >= 0.3 is 0 Å². The average molecular weight is 365 g/mol. The lowest BCUT2D eigenvalue weighted by Gasteiger charge is -2.00. The van der Waals surface area contributed by atoms with E-state index in [1.165, 1.54) is 11.8 Å². The van der Waals surface area contributed by atoms with Crippen LogP contribution in [0.4, 0.5) is 5.69 Å². The van der Waals surface area contributed by atoms with Crippen molar-refractivity contribution >= 4 is 57.0 Å². The third-order valence-electron chi connectivity index (χ3n) is 3.81. The molecule has 1 heterocycles. The fourth-order valence-electron chi connectivity index (χ4n) is 2.58. The zero-order valence-electron chi connectivity index (χ0n) is 13.1. The van der Waals surface area contributed by atoms with Gasteiger partial charge in [0.2, 0.25) is 0 Å². The van der Waals surface area contributed by atoms with Crippen molar-refractivity contribution in [2.45, 2.75) is 0 Å². The highest BCUT2D eigenvalue weighted by Gasteiger charge is 2.24. The van der Waals surface area contributed by atoms with Crippen molar-refractivity contribution < 1.29 is 4.79 Å². The number of hydrogen-bond acceptors (Lipinski definition) is 3. The predicted molar refractivity (Wildman–Crippen MR) is 106 cm³/mol. The molecule has 3 aromatic rings. The van der Waals surface area contributed by atoms with Crippen molar-refractivity contribution in [1.29, 1.82) is 0 Å². The summed E-state index contributed by atoms with van der Waals surface area (Å²) in [5.41, 5.74) is 1.62. The van der Waals surface area contributed by atoms with Gasteiger partial charge in [0.05, 0.1) is 10.6 Å². The lowest BCUT2D eigenvalue weighted by molar-refractivity contribution is -0.115. The summed E-state index contributed by atoms with van der Waals surface area (Å²) >= 11 is 7.47. The monoisotopic (exact) mass is 364 g/mol. The number of amidine groups is 1. The van der Waals surface area contributed by atoms with Gasteiger partial charge in [0.15, 0.2) is 5.17 Å². The van der Waals surface area contributed by atoms with E-state index in [-0.39, 0.29) is 5.91 Å². The average Bonchev–Trinajstić information content (AvgIpc) is 2.96. The minimum absolute atomic E-state index is 0.163. The lowest BCUT2D eigenvalue weighted by Crippen LogP contribution is -2.19.